The Hall–Kier alpha value is -2.40. The highest BCUT2D eigenvalue weighted by Crippen LogP contribution is 2.40. The van der Waals surface area contributed by atoms with E-state index in [1.807, 2.05) is 17.0 Å². The van der Waals surface area contributed by atoms with Crippen molar-refractivity contribution in [3.63, 3.8) is 0 Å². The molecule has 0 aliphatic carbocycles. The number of amides is 1. The van der Waals surface area contributed by atoms with Crippen LogP contribution >= 0.6 is 0 Å². The van der Waals surface area contributed by atoms with Gasteiger partial charge in [0, 0.05) is 49.6 Å². The number of benzene rings is 1. The number of nitrogens with one attached hydrogen (secondary N) is 1. The van der Waals surface area contributed by atoms with E-state index in [9.17, 15) is 4.79 Å². The average Bonchev–Trinajstić information content (AvgIpc) is 2.69. The van der Waals surface area contributed by atoms with Crippen LogP contribution in [0.25, 0.3) is 0 Å². The number of pyridine rings is 1. The molecule has 1 saturated heterocycles. The van der Waals surface area contributed by atoms with Gasteiger partial charge in [0.15, 0.2) is 0 Å². The standard InChI is InChI=1S/C23H29N3O2/c1-16-6-7-21-19(13-16)20(14-23(2,3)28-21)25-18-8-11-26(12-9-18)22(27)17-5-4-10-24-15-17/h4-7,10,13,15,18,20,25H,8-9,11-12,14H2,1-3H3. The Kier molecular flexibility index (Phi) is 5.11. The van der Waals surface area contributed by atoms with Gasteiger partial charge in [-0.2, -0.15) is 0 Å². The van der Waals surface area contributed by atoms with Crippen LogP contribution in [0.5, 0.6) is 5.75 Å². The van der Waals surface area contributed by atoms with Crippen molar-refractivity contribution in [1.29, 1.82) is 0 Å². The second-order valence-corrected chi connectivity index (χ2v) is 8.63. The lowest BCUT2D eigenvalue weighted by molar-refractivity contribution is 0.0579. The van der Waals surface area contributed by atoms with E-state index in [-0.39, 0.29) is 17.6 Å². The number of aromatic nitrogens is 1. The number of fused-ring (bicyclic) bond motifs is 1. The Bertz CT molecular complexity index is 842. The molecule has 3 heterocycles. The monoisotopic (exact) mass is 379 g/mol. The molecule has 5 nitrogen and oxygen atoms in total. The lowest BCUT2D eigenvalue weighted by Gasteiger charge is -2.41. The van der Waals surface area contributed by atoms with Crippen LogP contribution in [-0.2, 0) is 0 Å². The first-order valence-electron chi connectivity index (χ1n) is 10.2. The van der Waals surface area contributed by atoms with Crippen LogP contribution in [0.15, 0.2) is 42.7 Å². The van der Waals surface area contributed by atoms with Crippen molar-refractivity contribution in [3.05, 3.63) is 59.4 Å². The van der Waals surface area contributed by atoms with E-state index >= 15 is 0 Å². The normalized spacial score (nSPS) is 21.7. The van der Waals surface area contributed by atoms with Gasteiger partial charge in [0.25, 0.3) is 5.91 Å². The molecule has 2 aliphatic rings. The highest BCUT2D eigenvalue weighted by atomic mass is 16.5. The molecule has 1 amide bonds. The quantitative estimate of drug-likeness (QED) is 0.879. The maximum atomic E-state index is 12.6. The van der Waals surface area contributed by atoms with E-state index in [0.29, 0.717) is 11.6 Å². The molecule has 2 aliphatic heterocycles. The van der Waals surface area contributed by atoms with Gasteiger partial charge in [-0.1, -0.05) is 17.7 Å². The second-order valence-electron chi connectivity index (χ2n) is 8.63. The summed E-state index contributed by atoms with van der Waals surface area (Å²) in [7, 11) is 0. The zero-order chi connectivity index (χ0) is 19.7. The maximum absolute atomic E-state index is 12.6. The Morgan fingerprint density at radius 3 is 2.75 bits per heavy atom. The molecule has 1 atom stereocenters. The molecule has 4 rings (SSSR count). The molecular formula is C23H29N3O2. The first kappa shape index (κ1) is 18.9. The highest BCUT2D eigenvalue weighted by Gasteiger charge is 2.35. The second kappa shape index (κ2) is 7.55. The number of carbonyl (C=O) groups is 1. The fraction of sp³-hybridized carbons (Fsp3) is 0.478. The lowest BCUT2D eigenvalue weighted by atomic mass is 9.88. The average molecular weight is 380 g/mol. The fourth-order valence-electron chi connectivity index (χ4n) is 4.33. The van der Waals surface area contributed by atoms with Gasteiger partial charge in [0.05, 0.1) is 5.56 Å². The molecule has 1 N–H and O–H groups in total. The number of hydrogen-bond acceptors (Lipinski definition) is 4. The third kappa shape index (κ3) is 4.04. The van der Waals surface area contributed by atoms with Gasteiger partial charge in [-0.3, -0.25) is 9.78 Å². The molecule has 1 aromatic heterocycles. The minimum Gasteiger partial charge on any atom is -0.487 e. The van der Waals surface area contributed by atoms with Crippen molar-refractivity contribution in [3.8, 4) is 5.75 Å². The number of aryl methyl sites for hydroxylation is 1. The molecule has 1 aromatic carbocycles. The van der Waals surface area contributed by atoms with E-state index in [0.717, 1.165) is 38.1 Å². The van der Waals surface area contributed by atoms with E-state index < -0.39 is 0 Å². The van der Waals surface area contributed by atoms with E-state index in [2.05, 4.69) is 49.3 Å². The summed E-state index contributed by atoms with van der Waals surface area (Å²) in [6.45, 7) is 7.98. The van der Waals surface area contributed by atoms with E-state index in [1.165, 1.54) is 11.1 Å². The van der Waals surface area contributed by atoms with E-state index in [4.69, 9.17) is 4.74 Å². The van der Waals surface area contributed by atoms with E-state index in [1.54, 1.807) is 12.4 Å². The third-order valence-corrected chi connectivity index (χ3v) is 5.75. The fourth-order valence-corrected chi connectivity index (χ4v) is 4.33. The van der Waals surface area contributed by atoms with Crippen molar-refractivity contribution in [1.82, 2.24) is 15.2 Å². The van der Waals surface area contributed by atoms with Crippen LogP contribution in [0, 0.1) is 6.92 Å². The summed E-state index contributed by atoms with van der Waals surface area (Å²) >= 11 is 0. The molecule has 0 spiro atoms. The summed E-state index contributed by atoms with van der Waals surface area (Å²) in [5.41, 5.74) is 3.00. The lowest BCUT2D eigenvalue weighted by Crippen LogP contribution is -2.48. The van der Waals surface area contributed by atoms with Crippen molar-refractivity contribution >= 4 is 5.91 Å². The predicted molar refractivity (Wildman–Crippen MR) is 110 cm³/mol. The number of nitrogens with zero attached hydrogens (tertiary/aromatic N) is 2. The molecule has 5 heteroatoms. The van der Waals surface area contributed by atoms with Gasteiger partial charge in [0.1, 0.15) is 11.4 Å². The molecule has 148 valence electrons. The van der Waals surface area contributed by atoms with Gasteiger partial charge >= 0.3 is 0 Å². The summed E-state index contributed by atoms with van der Waals surface area (Å²) in [6, 6.07) is 10.8. The minimum absolute atomic E-state index is 0.0831. The maximum Gasteiger partial charge on any atom is 0.255 e. The number of likely N-dealkylation sites (tertiary alicyclic amines) is 1. The number of hydrogen-bond donors (Lipinski definition) is 1. The van der Waals surface area contributed by atoms with Crippen LogP contribution in [0.4, 0.5) is 0 Å². The van der Waals surface area contributed by atoms with Crippen LogP contribution in [0.2, 0.25) is 0 Å². The number of carbonyl (C=O) groups excluding carboxylic acids is 1. The Labute approximate surface area is 167 Å². The molecule has 0 bridgehead atoms. The van der Waals surface area contributed by atoms with Crippen molar-refractivity contribution in [2.75, 3.05) is 13.1 Å². The van der Waals surface area contributed by atoms with Crippen LogP contribution < -0.4 is 10.1 Å². The minimum atomic E-state index is -0.184. The summed E-state index contributed by atoms with van der Waals surface area (Å²) in [6.07, 6.45) is 6.21. The number of rotatable bonds is 3. The van der Waals surface area contributed by atoms with Gasteiger partial charge in [0.2, 0.25) is 0 Å². The summed E-state index contributed by atoms with van der Waals surface area (Å²) in [5, 5.41) is 3.87. The number of piperidine rings is 1. The molecule has 28 heavy (non-hydrogen) atoms. The van der Waals surface area contributed by atoms with Crippen LogP contribution in [-0.4, -0.2) is 40.5 Å². The molecule has 1 unspecified atom stereocenters. The largest absolute Gasteiger partial charge is 0.487 e. The zero-order valence-electron chi connectivity index (χ0n) is 16.9. The smallest absolute Gasteiger partial charge is 0.255 e. The first-order valence-corrected chi connectivity index (χ1v) is 10.2. The molecule has 1 fully saturated rings. The van der Waals surface area contributed by atoms with Crippen molar-refractivity contribution in [2.24, 2.45) is 0 Å². The molecular weight excluding hydrogens is 350 g/mol. The summed E-state index contributed by atoms with van der Waals surface area (Å²) in [4.78, 5) is 18.6. The van der Waals surface area contributed by atoms with Gasteiger partial charge in [-0.15, -0.1) is 0 Å². The van der Waals surface area contributed by atoms with Crippen LogP contribution in [0.1, 0.15) is 60.6 Å². The Morgan fingerprint density at radius 1 is 1.25 bits per heavy atom. The van der Waals surface area contributed by atoms with Crippen molar-refractivity contribution in [2.45, 2.75) is 57.7 Å². The SMILES string of the molecule is Cc1ccc2c(c1)C(NC1CCN(C(=O)c3cccnc3)CC1)CC(C)(C)O2. The first-order chi connectivity index (χ1) is 13.4. The number of ether oxygens (including phenoxy) is 1. The summed E-state index contributed by atoms with van der Waals surface area (Å²) < 4.78 is 6.19. The highest BCUT2D eigenvalue weighted by molar-refractivity contribution is 5.93. The van der Waals surface area contributed by atoms with Crippen LogP contribution in [0.3, 0.4) is 0 Å². The summed E-state index contributed by atoms with van der Waals surface area (Å²) in [5.74, 6) is 1.07. The topological polar surface area (TPSA) is 54.5 Å². The van der Waals surface area contributed by atoms with Gasteiger partial charge in [-0.25, -0.2) is 0 Å². The third-order valence-electron chi connectivity index (χ3n) is 5.75. The van der Waals surface area contributed by atoms with Gasteiger partial charge < -0.3 is 15.0 Å². The van der Waals surface area contributed by atoms with Crippen molar-refractivity contribution < 1.29 is 9.53 Å². The molecule has 0 radical (unpaired) electrons. The zero-order valence-corrected chi connectivity index (χ0v) is 16.9. The van der Waals surface area contributed by atoms with Gasteiger partial charge in [-0.05, 0) is 51.8 Å². The Balaban J connectivity index is 1.41. The molecule has 2 aromatic rings. The Morgan fingerprint density at radius 2 is 2.04 bits per heavy atom. The predicted octanol–water partition coefficient (Wildman–Crippen LogP) is 3.89. The molecule has 0 saturated carbocycles.